The molecule has 2 heterocycles. The van der Waals surface area contributed by atoms with Crippen LogP contribution in [0, 0.1) is 5.92 Å². The van der Waals surface area contributed by atoms with Gasteiger partial charge < -0.3 is 5.11 Å². The lowest BCUT2D eigenvalue weighted by molar-refractivity contribution is -0.131. The first-order valence-electron chi connectivity index (χ1n) is 10.8. The molecule has 6 heteroatoms. The van der Waals surface area contributed by atoms with Crippen LogP contribution < -0.4 is 0 Å². The highest BCUT2D eigenvalue weighted by Gasteiger charge is 2.29. The molecule has 0 spiro atoms. The van der Waals surface area contributed by atoms with E-state index >= 15 is 0 Å². The van der Waals surface area contributed by atoms with Crippen molar-refractivity contribution in [2.24, 2.45) is 5.92 Å². The number of benzene rings is 2. The monoisotopic (exact) mass is 472 g/mol. The summed E-state index contributed by atoms with van der Waals surface area (Å²) in [5.74, 6) is -0.585. The third-order valence-corrected chi connectivity index (χ3v) is 7.15. The molecule has 0 amide bonds. The summed E-state index contributed by atoms with van der Waals surface area (Å²) >= 11 is 8.29. The van der Waals surface area contributed by atoms with Crippen LogP contribution in [0.15, 0.2) is 72.4 Å². The van der Waals surface area contributed by atoms with Crippen molar-refractivity contribution in [3.05, 3.63) is 99.8 Å². The Hall–Kier alpha value is -3.28. The van der Waals surface area contributed by atoms with Crippen molar-refractivity contribution in [1.29, 1.82) is 0 Å². The molecule has 5 rings (SSSR count). The summed E-state index contributed by atoms with van der Waals surface area (Å²) in [6.07, 6.45) is 7.93. The van der Waals surface area contributed by atoms with E-state index in [1.54, 1.807) is 23.6 Å². The Kier molecular flexibility index (Phi) is 6.07. The maximum Gasteiger partial charge on any atom is 0.328 e. The van der Waals surface area contributed by atoms with Gasteiger partial charge in [0.15, 0.2) is 0 Å². The lowest BCUT2D eigenvalue weighted by Crippen LogP contribution is -2.16. The van der Waals surface area contributed by atoms with Crippen LogP contribution in [0.1, 0.15) is 41.6 Å². The number of carbonyl (C=O) groups is 1. The minimum atomic E-state index is -0.965. The van der Waals surface area contributed by atoms with E-state index in [0.717, 1.165) is 62.7 Å². The number of thiazole rings is 1. The second-order valence-electron chi connectivity index (χ2n) is 8.08. The van der Waals surface area contributed by atoms with Crippen LogP contribution in [0.3, 0.4) is 0 Å². The summed E-state index contributed by atoms with van der Waals surface area (Å²) in [5.41, 5.74) is 8.87. The number of hydrogen-bond acceptors (Lipinski definition) is 4. The van der Waals surface area contributed by atoms with Gasteiger partial charge >= 0.3 is 5.97 Å². The Balaban J connectivity index is 1.74. The van der Waals surface area contributed by atoms with Crippen LogP contribution in [0.2, 0.25) is 5.02 Å². The van der Waals surface area contributed by atoms with E-state index < -0.39 is 5.97 Å². The molecule has 0 saturated heterocycles. The molecule has 1 fully saturated rings. The average Bonchev–Trinajstić information content (AvgIpc) is 3.25. The molecule has 1 N–H and O–H groups in total. The number of halogens is 1. The van der Waals surface area contributed by atoms with Crippen molar-refractivity contribution in [3.8, 4) is 0 Å². The maximum absolute atomic E-state index is 10.9. The molecule has 1 aliphatic rings. The summed E-state index contributed by atoms with van der Waals surface area (Å²) in [6.45, 7) is 0. The first kappa shape index (κ1) is 21.6. The van der Waals surface area contributed by atoms with Gasteiger partial charge in [-0.05, 0) is 76.9 Å². The van der Waals surface area contributed by atoms with Crippen LogP contribution in [0.4, 0.5) is 0 Å². The molecule has 33 heavy (non-hydrogen) atoms. The second kappa shape index (κ2) is 9.30. The summed E-state index contributed by atoms with van der Waals surface area (Å²) in [7, 11) is 0. The molecule has 164 valence electrons. The van der Waals surface area contributed by atoms with Crippen molar-refractivity contribution < 1.29 is 9.90 Å². The minimum Gasteiger partial charge on any atom is -0.478 e. The largest absolute Gasteiger partial charge is 0.478 e. The smallest absolute Gasteiger partial charge is 0.328 e. The average molecular weight is 473 g/mol. The van der Waals surface area contributed by atoms with Gasteiger partial charge in [-0.25, -0.2) is 9.78 Å². The quantitative estimate of drug-likeness (QED) is 0.301. The third-order valence-electron chi connectivity index (χ3n) is 6.03. The number of aromatic nitrogens is 2. The topological polar surface area (TPSA) is 63.1 Å². The lowest BCUT2D eigenvalue weighted by atomic mass is 9.74. The Bertz CT molecular complexity index is 1380. The van der Waals surface area contributed by atoms with Crippen LogP contribution in [-0.2, 0) is 4.79 Å². The number of carboxylic acids is 1. The van der Waals surface area contributed by atoms with Gasteiger partial charge in [0.2, 0.25) is 0 Å². The van der Waals surface area contributed by atoms with E-state index in [1.165, 1.54) is 6.42 Å². The number of carboxylic acid groups (broad SMARTS) is 1. The predicted octanol–water partition coefficient (Wildman–Crippen LogP) is 7.20. The predicted molar refractivity (Wildman–Crippen MR) is 135 cm³/mol. The molecule has 0 radical (unpaired) electrons. The van der Waals surface area contributed by atoms with Crippen molar-refractivity contribution in [2.45, 2.75) is 19.3 Å². The zero-order valence-corrected chi connectivity index (χ0v) is 19.3. The Morgan fingerprint density at radius 2 is 1.85 bits per heavy atom. The molecule has 2 aromatic heterocycles. The Morgan fingerprint density at radius 3 is 2.55 bits per heavy atom. The molecule has 1 aliphatic carbocycles. The van der Waals surface area contributed by atoms with Gasteiger partial charge in [0.05, 0.1) is 26.4 Å². The minimum absolute atomic E-state index is 0.380. The number of allylic oxidation sites excluding steroid dienone is 1. The summed E-state index contributed by atoms with van der Waals surface area (Å²) < 4.78 is 1.15. The molecular formula is C27H21ClN2O2S. The molecule has 2 aromatic carbocycles. The highest BCUT2D eigenvalue weighted by atomic mass is 35.5. The molecule has 4 aromatic rings. The van der Waals surface area contributed by atoms with E-state index in [4.69, 9.17) is 21.7 Å². The van der Waals surface area contributed by atoms with Crippen LogP contribution in [-0.4, -0.2) is 21.0 Å². The number of pyridine rings is 1. The fourth-order valence-corrected chi connectivity index (χ4v) is 5.10. The van der Waals surface area contributed by atoms with Crippen LogP contribution >= 0.6 is 22.9 Å². The zero-order chi connectivity index (χ0) is 22.8. The molecule has 4 nitrogen and oxygen atoms in total. The van der Waals surface area contributed by atoms with Crippen molar-refractivity contribution in [3.63, 3.8) is 0 Å². The first-order chi connectivity index (χ1) is 16.1. The van der Waals surface area contributed by atoms with Gasteiger partial charge in [0, 0.05) is 12.3 Å². The molecule has 0 aliphatic heterocycles. The number of aliphatic carboxylic acids is 1. The molecule has 0 bridgehead atoms. The maximum atomic E-state index is 10.9. The fraction of sp³-hybridized carbons (Fsp3) is 0.148. The van der Waals surface area contributed by atoms with Gasteiger partial charge in [-0.1, -0.05) is 48.4 Å². The Labute approximate surface area is 200 Å². The molecule has 0 atom stereocenters. The summed E-state index contributed by atoms with van der Waals surface area (Å²) in [4.78, 5) is 20.1. The van der Waals surface area contributed by atoms with Crippen LogP contribution in [0.25, 0.3) is 27.4 Å². The van der Waals surface area contributed by atoms with Gasteiger partial charge in [0.25, 0.3) is 0 Å². The summed E-state index contributed by atoms with van der Waals surface area (Å²) in [5, 5.41) is 9.58. The third kappa shape index (κ3) is 4.47. The normalized spacial score (nSPS) is 14.9. The highest BCUT2D eigenvalue weighted by molar-refractivity contribution is 7.16. The van der Waals surface area contributed by atoms with Crippen molar-refractivity contribution in [1.82, 2.24) is 9.97 Å². The molecule has 0 unspecified atom stereocenters. The number of hydrogen-bond donors (Lipinski definition) is 1. The first-order valence-corrected chi connectivity index (χ1v) is 12.1. The van der Waals surface area contributed by atoms with Crippen molar-refractivity contribution in [2.75, 3.05) is 0 Å². The van der Waals surface area contributed by atoms with Crippen molar-refractivity contribution >= 4 is 56.3 Å². The van der Waals surface area contributed by atoms with Gasteiger partial charge in [0.1, 0.15) is 0 Å². The summed E-state index contributed by atoms with van der Waals surface area (Å²) in [6, 6.07) is 18.1. The number of fused-ring (bicyclic) bond motifs is 1. The van der Waals surface area contributed by atoms with E-state index in [1.807, 2.05) is 41.9 Å². The van der Waals surface area contributed by atoms with E-state index in [-0.39, 0.29) is 0 Å². The fourth-order valence-electron chi connectivity index (χ4n) is 4.22. The lowest BCUT2D eigenvalue weighted by Gasteiger charge is -2.31. The second-order valence-corrected chi connectivity index (χ2v) is 9.37. The van der Waals surface area contributed by atoms with Gasteiger partial charge in [-0.15, -0.1) is 11.3 Å². The number of rotatable bonds is 6. The van der Waals surface area contributed by atoms with E-state index in [2.05, 4.69) is 23.2 Å². The highest BCUT2D eigenvalue weighted by Crippen LogP contribution is 2.46. The standard InChI is InChI=1S/C27H21ClN2O2S/c28-21-5-2-14-29-27(21)26(18-3-1-4-18)25(20-11-12-23-22(15-20)30-16-33-23)19-9-6-17(7-10-19)8-13-24(31)32/h2,5-16,18H,1,3-4H2,(H,31,32)/b13-8+,26-25+. The SMILES string of the molecule is O=C(O)/C=C/c1ccc(/C(=C(\c2ncccc2Cl)C2CCC2)c2ccc3scnc3c2)cc1. The Morgan fingerprint density at radius 1 is 1.06 bits per heavy atom. The van der Waals surface area contributed by atoms with Gasteiger partial charge in [-0.2, -0.15) is 0 Å². The number of nitrogens with zero attached hydrogens (tertiary/aromatic N) is 2. The van der Waals surface area contributed by atoms with Crippen LogP contribution in [0.5, 0.6) is 0 Å². The van der Waals surface area contributed by atoms with Gasteiger partial charge in [-0.3, -0.25) is 4.98 Å². The van der Waals surface area contributed by atoms with E-state index in [9.17, 15) is 4.79 Å². The zero-order valence-electron chi connectivity index (χ0n) is 17.7. The van der Waals surface area contributed by atoms with E-state index in [0.29, 0.717) is 10.9 Å². The molecular weight excluding hydrogens is 452 g/mol. The molecule has 1 saturated carbocycles.